The number of rotatable bonds is 3. The molecule has 1 heterocycles. The zero-order chi connectivity index (χ0) is 10.7. The van der Waals surface area contributed by atoms with Gasteiger partial charge in [-0.15, -0.1) is 0 Å². The van der Waals surface area contributed by atoms with E-state index in [1.807, 2.05) is 0 Å². The van der Waals surface area contributed by atoms with Crippen LogP contribution in [-0.2, 0) is 14.5 Å². The average Bonchev–Trinajstić information content (AvgIpc) is 2.18. The van der Waals surface area contributed by atoms with Crippen LogP contribution in [0.3, 0.4) is 0 Å². The molecule has 5 atom stereocenters. The van der Waals surface area contributed by atoms with Crippen molar-refractivity contribution in [3.8, 4) is 0 Å². The van der Waals surface area contributed by atoms with E-state index in [4.69, 9.17) is 9.84 Å². The van der Waals surface area contributed by atoms with Crippen molar-refractivity contribution in [1.29, 1.82) is 0 Å². The molecule has 1 rings (SSSR count). The second kappa shape index (κ2) is 4.99. The van der Waals surface area contributed by atoms with Crippen molar-refractivity contribution < 1.29 is 34.9 Å². The maximum atomic E-state index is 9.43. The maximum absolute atomic E-state index is 9.43. The molecule has 14 heavy (non-hydrogen) atoms. The highest BCUT2D eigenvalue weighted by Gasteiger charge is 2.45. The largest absolute Gasteiger partial charge is 0.394 e. The molecular weight excluding hydrogens is 196 g/mol. The Hall–Kier alpha value is -0.280. The molecular formula is C7H14O7. The van der Waals surface area contributed by atoms with Gasteiger partial charge in [0.2, 0.25) is 0 Å². The Kier molecular flexibility index (Phi) is 4.20. The van der Waals surface area contributed by atoms with Crippen LogP contribution in [0.1, 0.15) is 0 Å². The van der Waals surface area contributed by atoms with E-state index in [0.717, 1.165) is 0 Å². The molecule has 1 unspecified atom stereocenters. The van der Waals surface area contributed by atoms with Crippen LogP contribution in [0, 0.1) is 0 Å². The summed E-state index contributed by atoms with van der Waals surface area (Å²) in [5, 5.41) is 36.8. The molecule has 4 N–H and O–H groups in total. The number of aliphatic hydroxyl groups is 4. The van der Waals surface area contributed by atoms with E-state index >= 15 is 0 Å². The van der Waals surface area contributed by atoms with Gasteiger partial charge in [0.1, 0.15) is 18.3 Å². The number of ether oxygens (including phenoxy) is 1. The molecule has 0 aliphatic carbocycles. The summed E-state index contributed by atoms with van der Waals surface area (Å²) in [6, 6.07) is 0. The number of hydrogen-bond donors (Lipinski definition) is 4. The summed E-state index contributed by atoms with van der Waals surface area (Å²) in [5.74, 6) is 0. The predicted molar refractivity (Wildman–Crippen MR) is 41.9 cm³/mol. The third-order valence-electron chi connectivity index (χ3n) is 2.05. The first-order valence-electron chi connectivity index (χ1n) is 4.11. The lowest BCUT2D eigenvalue weighted by atomic mass is 9.99. The zero-order valence-electron chi connectivity index (χ0n) is 7.61. The summed E-state index contributed by atoms with van der Waals surface area (Å²) in [7, 11) is 1.20. The molecule has 0 radical (unpaired) electrons. The second-order valence-electron chi connectivity index (χ2n) is 2.96. The number of aliphatic hydroxyl groups excluding tert-OH is 4. The minimum atomic E-state index is -1.45. The average molecular weight is 210 g/mol. The van der Waals surface area contributed by atoms with Crippen molar-refractivity contribution in [3.63, 3.8) is 0 Å². The van der Waals surface area contributed by atoms with Crippen LogP contribution in [0.4, 0.5) is 0 Å². The van der Waals surface area contributed by atoms with Gasteiger partial charge in [0, 0.05) is 0 Å². The molecule has 0 amide bonds. The van der Waals surface area contributed by atoms with Gasteiger partial charge < -0.3 is 25.2 Å². The van der Waals surface area contributed by atoms with E-state index < -0.39 is 37.3 Å². The van der Waals surface area contributed by atoms with Crippen molar-refractivity contribution in [1.82, 2.24) is 0 Å². The van der Waals surface area contributed by atoms with Crippen LogP contribution in [0.15, 0.2) is 0 Å². The van der Waals surface area contributed by atoms with E-state index in [1.54, 1.807) is 0 Å². The summed E-state index contributed by atoms with van der Waals surface area (Å²) in [6.45, 7) is -0.505. The Morgan fingerprint density at radius 1 is 1.21 bits per heavy atom. The molecule has 0 spiro atoms. The van der Waals surface area contributed by atoms with Gasteiger partial charge in [-0.2, -0.15) is 0 Å². The van der Waals surface area contributed by atoms with E-state index in [9.17, 15) is 15.3 Å². The summed E-state index contributed by atoms with van der Waals surface area (Å²) >= 11 is 0. The minimum absolute atomic E-state index is 0.505. The summed E-state index contributed by atoms with van der Waals surface area (Å²) in [4.78, 5) is 8.77. The Labute approximate surface area is 80.4 Å². The van der Waals surface area contributed by atoms with Gasteiger partial charge in [0.15, 0.2) is 12.4 Å². The fraction of sp³-hybridized carbons (Fsp3) is 1.00. The van der Waals surface area contributed by atoms with E-state index in [-0.39, 0.29) is 0 Å². The minimum Gasteiger partial charge on any atom is -0.394 e. The van der Waals surface area contributed by atoms with Crippen molar-refractivity contribution in [3.05, 3.63) is 0 Å². The van der Waals surface area contributed by atoms with E-state index in [2.05, 4.69) is 9.78 Å². The van der Waals surface area contributed by atoms with Crippen molar-refractivity contribution in [2.75, 3.05) is 13.7 Å². The lowest BCUT2D eigenvalue weighted by Gasteiger charge is -2.38. The Morgan fingerprint density at radius 2 is 1.86 bits per heavy atom. The fourth-order valence-corrected chi connectivity index (χ4v) is 1.29. The molecule has 84 valence electrons. The highest BCUT2D eigenvalue weighted by atomic mass is 17.2. The first-order chi connectivity index (χ1) is 6.61. The van der Waals surface area contributed by atoms with Crippen LogP contribution < -0.4 is 0 Å². The van der Waals surface area contributed by atoms with Gasteiger partial charge in [-0.25, -0.2) is 9.78 Å². The first kappa shape index (κ1) is 11.8. The second-order valence-corrected chi connectivity index (χ2v) is 2.96. The SMILES string of the molecule is COO[C@@H]1C(O)O[C@H](CO)[C@@H](O)[C@@H]1O. The normalized spacial score (nSPS) is 43.9. The Morgan fingerprint density at radius 3 is 2.36 bits per heavy atom. The fourth-order valence-electron chi connectivity index (χ4n) is 1.29. The maximum Gasteiger partial charge on any atom is 0.187 e. The third kappa shape index (κ3) is 2.20. The molecule has 1 saturated heterocycles. The molecule has 7 nitrogen and oxygen atoms in total. The molecule has 1 aliphatic rings. The lowest BCUT2D eigenvalue weighted by Crippen LogP contribution is -2.59. The predicted octanol–water partition coefficient (Wildman–Crippen LogP) is -2.64. The van der Waals surface area contributed by atoms with Gasteiger partial charge >= 0.3 is 0 Å². The molecule has 0 aromatic rings. The molecule has 1 aliphatic heterocycles. The van der Waals surface area contributed by atoms with Crippen molar-refractivity contribution >= 4 is 0 Å². The third-order valence-corrected chi connectivity index (χ3v) is 2.05. The van der Waals surface area contributed by atoms with Gasteiger partial charge in [-0.05, 0) is 0 Å². The van der Waals surface area contributed by atoms with Gasteiger partial charge in [0.25, 0.3) is 0 Å². The van der Waals surface area contributed by atoms with Crippen LogP contribution >= 0.6 is 0 Å². The van der Waals surface area contributed by atoms with Crippen LogP contribution in [0.2, 0.25) is 0 Å². The highest BCUT2D eigenvalue weighted by Crippen LogP contribution is 2.21. The standard InChI is InChI=1S/C7H14O7/c1-12-14-6-5(10)4(9)3(2-8)13-7(6)11/h3-11H,2H2,1H3/t3-,4-,5+,6+,7?/m1/s1. The molecule has 0 aromatic heterocycles. The zero-order valence-corrected chi connectivity index (χ0v) is 7.61. The lowest BCUT2D eigenvalue weighted by molar-refractivity contribution is -0.392. The number of hydrogen-bond acceptors (Lipinski definition) is 7. The first-order valence-corrected chi connectivity index (χ1v) is 4.11. The molecule has 7 heteroatoms. The van der Waals surface area contributed by atoms with Gasteiger partial charge in [0.05, 0.1) is 13.7 Å². The summed E-state index contributed by atoms with van der Waals surface area (Å²) in [6.07, 6.45) is -6.39. The van der Waals surface area contributed by atoms with Crippen LogP contribution in [-0.4, -0.2) is 64.8 Å². The van der Waals surface area contributed by atoms with E-state index in [1.165, 1.54) is 7.11 Å². The molecule has 0 saturated carbocycles. The molecule has 0 bridgehead atoms. The summed E-state index contributed by atoms with van der Waals surface area (Å²) in [5.41, 5.74) is 0. The van der Waals surface area contributed by atoms with Crippen LogP contribution in [0.5, 0.6) is 0 Å². The molecule has 0 aromatic carbocycles. The monoisotopic (exact) mass is 210 g/mol. The molecule has 1 fully saturated rings. The topological polar surface area (TPSA) is 109 Å². The van der Waals surface area contributed by atoms with E-state index in [0.29, 0.717) is 0 Å². The Balaban J connectivity index is 2.63. The highest BCUT2D eigenvalue weighted by molar-refractivity contribution is 4.88. The van der Waals surface area contributed by atoms with Crippen molar-refractivity contribution in [2.45, 2.75) is 30.7 Å². The van der Waals surface area contributed by atoms with Crippen molar-refractivity contribution in [2.24, 2.45) is 0 Å². The summed E-state index contributed by atoms with van der Waals surface area (Å²) < 4.78 is 4.77. The van der Waals surface area contributed by atoms with Crippen LogP contribution in [0.25, 0.3) is 0 Å². The Bertz CT molecular complexity index is 175. The smallest absolute Gasteiger partial charge is 0.187 e. The van der Waals surface area contributed by atoms with Gasteiger partial charge in [-0.3, -0.25) is 0 Å². The quantitative estimate of drug-likeness (QED) is 0.298. The van der Waals surface area contributed by atoms with Gasteiger partial charge in [-0.1, -0.05) is 0 Å².